The summed E-state index contributed by atoms with van der Waals surface area (Å²) in [6, 6.07) is 5.64. The van der Waals surface area contributed by atoms with Crippen molar-refractivity contribution in [1.29, 1.82) is 0 Å². The van der Waals surface area contributed by atoms with Crippen LogP contribution in [0.4, 0.5) is 10.1 Å². The number of hydrogen-bond donors (Lipinski definition) is 2. The van der Waals surface area contributed by atoms with Crippen LogP contribution in [0.5, 0.6) is 0 Å². The molecule has 21 heavy (non-hydrogen) atoms. The molecule has 118 valence electrons. The normalized spacial score (nSPS) is 23.4. The van der Waals surface area contributed by atoms with Crippen LogP contribution in [-0.4, -0.2) is 29.8 Å². The lowest BCUT2D eigenvalue weighted by Gasteiger charge is -2.27. The van der Waals surface area contributed by atoms with Crippen LogP contribution >= 0.6 is 0 Å². The van der Waals surface area contributed by atoms with E-state index in [1.807, 2.05) is 13.0 Å². The summed E-state index contributed by atoms with van der Waals surface area (Å²) in [7, 11) is 0. The molecular weight excluding hydrogens is 267 g/mol. The third kappa shape index (κ3) is 4.42. The molecule has 0 saturated carbocycles. The molecule has 0 radical (unpaired) electrons. The number of benzene rings is 1. The van der Waals surface area contributed by atoms with Crippen LogP contribution in [0.3, 0.4) is 0 Å². The quantitative estimate of drug-likeness (QED) is 0.896. The van der Waals surface area contributed by atoms with Crippen molar-refractivity contribution < 1.29 is 9.50 Å². The van der Waals surface area contributed by atoms with Crippen molar-refractivity contribution in [2.75, 3.05) is 18.0 Å². The Morgan fingerprint density at radius 3 is 2.81 bits per heavy atom. The SMILES string of the molecule is CC(C)NCc1cccc(F)c1N1CCCC(C)(O)CC1. The van der Waals surface area contributed by atoms with E-state index in [1.165, 1.54) is 6.07 Å². The summed E-state index contributed by atoms with van der Waals surface area (Å²) in [6.45, 7) is 8.20. The van der Waals surface area contributed by atoms with Crippen molar-refractivity contribution in [3.63, 3.8) is 0 Å². The summed E-state index contributed by atoms with van der Waals surface area (Å²) in [4.78, 5) is 2.09. The standard InChI is InChI=1S/C17H27FN2O/c1-13(2)19-12-14-6-4-7-15(18)16(14)20-10-5-8-17(3,21)9-11-20/h4,6-7,13,19,21H,5,8-12H2,1-3H3. The van der Waals surface area contributed by atoms with Crippen molar-refractivity contribution in [2.45, 2.75) is 58.2 Å². The largest absolute Gasteiger partial charge is 0.390 e. The van der Waals surface area contributed by atoms with E-state index in [1.54, 1.807) is 6.07 Å². The molecule has 1 atom stereocenters. The van der Waals surface area contributed by atoms with Gasteiger partial charge < -0.3 is 15.3 Å². The molecular formula is C17H27FN2O. The van der Waals surface area contributed by atoms with Crippen LogP contribution in [0.2, 0.25) is 0 Å². The first kappa shape index (κ1) is 16.2. The van der Waals surface area contributed by atoms with E-state index in [9.17, 15) is 9.50 Å². The summed E-state index contributed by atoms with van der Waals surface area (Å²) in [5.74, 6) is -0.167. The molecule has 0 spiro atoms. The minimum atomic E-state index is -0.629. The van der Waals surface area contributed by atoms with Crippen LogP contribution in [-0.2, 0) is 6.54 Å². The minimum Gasteiger partial charge on any atom is -0.390 e. The monoisotopic (exact) mass is 294 g/mol. The molecule has 1 aromatic carbocycles. The Balaban J connectivity index is 2.21. The highest BCUT2D eigenvalue weighted by molar-refractivity contribution is 5.55. The molecule has 2 N–H and O–H groups in total. The number of hydrogen-bond acceptors (Lipinski definition) is 3. The Kier molecular flexibility index (Phi) is 5.22. The maximum Gasteiger partial charge on any atom is 0.146 e. The molecule has 2 rings (SSSR count). The fraction of sp³-hybridized carbons (Fsp3) is 0.647. The van der Waals surface area contributed by atoms with Crippen molar-refractivity contribution in [3.8, 4) is 0 Å². The molecule has 3 nitrogen and oxygen atoms in total. The second-order valence-electron chi connectivity index (χ2n) is 6.62. The first-order valence-electron chi connectivity index (χ1n) is 7.87. The van der Waals surface area contributed by atoms with Crippen molar-refractivity contribution in [2.24, 2.45) is 0 Å². The number of halogens is 1. The van der Waals surface area contributed by atoms with E-state index >= 15 is 0 Å². The predicted octanol–water partition coefficient (Wildman–Crippen LogP) is 3.07. The second-order valence-corrected chi connectivity index (χ2v) is 6.62. The number of para-hydroxylation sites is 1. The lowest BCUT2D eigenvalue weighted by molar-refractivity contribution is 0.0481. The van der Waals surface area contributed by atoms with Crippen molar-refractivity contribution >= 4 is 5.69 Å². The highest BCUT2D eigenvalue weighted by Gasteiger charge is 2.27. The molecule has 1 aliphatic heterocycles. The van der Waals surface area contributed by atoms with Gasteiger partial charge in [0.1, 0.15) is 5.82 Å². The van der Waals surface area contributed by atoms with E-state index in [2.05, 4.69) is 24.1 Å². The van der Waals surface area contributed by atoms with Gasteiger partial charge in [0.25, 0.3) is 0 Å². The highest BCUT2D eigenvalue weighted by Crippen LogP contribution is 2.29. The topological polar surface area (TPSA) is 35.5 Å². The van der Waals surface area contributed by atoms with Crippen LogP contribution in [0, 0.1) is 5.82 Å². The highest BCUT2D eigenvalue weighted by atomic mass is 19.1. The van der Waals surface area contributed by atoms with Crippen LogP contribution in [0.1, 0.15) is 45.6 Å². The molecule has 0 amide bonds. The average molecular weight is 294 g/mol. The van der Waals surface area contributed by atoms with Crippen LogP contribution in [0.15, 0.2) is 18.2 Å². The van der Waals surface area contributed by atoms with Gasteiger partial charge in [0.2, 0.25) is 0 Å². The van der Waals surface area contributed by atoms with Gasteiger partial charge in [-0.15, -0.1) is 0 Å². The van der Waals surface area contributed by atoms with E-state index in [0.29, 0.717) is 31.2 Å². The zero-order valence-corrected chi connectivity index (χ0v) is 13.3. The van der Waals surface area contributed by atoms with Gasteiger partial charge in [-0.05, 0) is 37.8 Å². The number of nitrogens with zero attached hydrogens (tertiary/aromatic N) is 1. The Labute approximate surface area is 127 Å². The van der Waals surface area contributed by atoms with E-state index in [4.69, 9.17) is 0 Å². The van der Waals surface area contributed by atoms with Gasteiger partial charge >= 0.3 is 0 Å². The average Bonchev–Trinajstić information content (AvgIpc) is 2.57. The predicted molar refractivity (Wildman–Crippen MR) is 85.1 cm³/mol. The zero-order chi connectivity index (χ0) is 15.5. The number of nitrogens with one attached hydrogen (secondary N) is 1. The molecule has 1 heterocycles. The van der Waals surface area contributed by atoms with Crippen LogP contribution in [0.25, 0.3) is 0 Å². The lowest BCUT2D eigenvalue weighted by Crippen LogP contribution is -2.30. The van der Waals surface area contributed by atoms with Gasteiger partial charge in [0.15, 0.2) is 0 Å². The fourth-order valence-corrected chi connectivity index (χ4v) is 2.86. The van der Waals surface area contributed by atoms with Crippen LogP contribution < -0.4 is 10.2 Å². The summed E-state index contributed by atoms with van der Waals surface area (Å²) >= 11 is 0. The van der Waals surface area contributed by atoms with Gasteiger partial charge in [-0.25, -0.2) is 4.39 Å². The number of rotatable bonds is 4. The van der Waals surface area contributed by atoms with E-state index in [-0.39, 0.29) is 5.82 Å². The van der Waals surface area contributed by atoms with Gasteiger partial charge in [0, 0.05) is 25.7 Å². The second kappa shape index (κ2) is 6.75. The smallest absolute Gasteiger partial charge is 0.146 e. The molecule has 1 fully saturated rings. The fourth-order valence-electron chi connectivity index (χ4n) is 2.86. The molecule has 0 aromatic heterocycles. The number of aliphatic hydroxyl groups is 1. The Morgan fingerprint density at radius 2 is 2.10 bits per heavy atom. The molecule has 1 aliphatic rings. The molecule has 4 heteroatoms. The van der Waals surface area contributed by atoms with Gasteiger partial charge in [-0.2, -0.15) is 0 Å². The summed E-state index contributed by atoms with van der Waals surface area (Å²) in [6.07, 6.45) is 2.34. The molecule has 1 aromatic rings. The maximum atomic E-state index is 14.4. The molecule has 1 saturated heterocycles. The Hall–Kier alpha value is -1.13. The summed E-state index contributed by atoms with van der Waals surface area (Å²) in [5, 5.41) is 13.6. The van der Waals surface area contributed by atoms with E-state index in [0.717, 1.165) is 24.9 Å². The first-order valence-corrected chi connectivity index (χ1v) is 7.87. The van der Waals surface area contributed by atoms with Gasteiger partial charge in [-0.1, -0.05) is 26.0 Å². The lowest BCUT2D eigenvalue weighted by atomic mass is 9.98. The first-order chi connectivity index (χ1) is 9.89. The molecule has 0 aliphatic carbocycles. The van der Waals surface area contributed by atoms with Crippen molar-refractivity contribution in [3.05, 3.63) is 29.6 Å². The Morgan fingerprint density at radius 1 is 1.33 bits per heavy atom. The zero-order valence-electron chi connectivity index (χ0n) is 13.3. The summed E-state index contributed by atoms with van der Waals surface area (Å²) in [5.41, 5.74) is 1.06. The van der Waals surface area contributed by atoms with Gasteiger partial charge in [0.05, 0.1) is 11.3 Å². The van der Waals surface area contributed by atoms with E-state index < -0.39 is 5.60 Å². The van der Waals surface area contributed by atoms with Crippen molar-refractivity contribution in [1.82, 2.24) is 5.32 Å². The third-order valence-electron chi connectivity index (χ3n) is 4.15. The Bertz CT molecular complexity index is 474. The minimum absolute atomic E-state index is 0.167. The number of anilines is 1. The maximum absolute atomic E-state index is 14.4. The van der Waals surface area contributed by atoms with Gasteiger partial charge in [-0.3, -0.25) is 0 Å². The molecule has 1 unspecified atom stereocenters. The summed E-state index contributed by atoms with van der Waals surface area (Å²) < 4.78 is 14.4. The molecule has 0 bridgehead atoms. The third-order valence-corrected chi connectivity index (χ3v) is 4.15.